The van der Waals surface area contributed by atoms with Crippen LogP contribution in [0.25, 0.3) is 22.7 Å². The summed E-state index contributed by atoms with van der Waals surface area (Å²) < 4.78 is 2.33. The van der Waals surface area contributed by atoms with E-state index in [0.717, 1.165) is 0 Å². The molecule has 0 radical (unpaired) electrons. The second-order valence-corrected chi connectivity index (χ2v) is 8.10. The van der Waals surface area contributed by atoms with Crippen LogP contribution in [-0.4, -0.2) is 7.05 Å². The van der Waals surface area contributed by atoms with E-state index in [1.54, 1.807) is 0 Å². The van der Waals surface area contributed by atoms with Crippen LogP contribution in [-0.2, 0) is 0 Å². The minimum atomic E-state index is 1.19. The Labute approximate surface area is 169 Å². The fourth-order valence-electron chi connectivity index (χ4n) is 3.89. The number of aryl methyl sites for hydroxylation is 1. The summed E-state index contributed by atoms with van der Waals surface area (Å²) in [5.74, 6) is 0. The molecule has 0 aliphatic carbocycles. The summed E-state index contributed by atoms with van der Waals surface area (Å²) >= 11 is 1.83. The molecule has 1 aliphatic rings. The molecular weight excluding hydrogens is 360 g/mol. The van der Waals surface area contributed by atoms with Crippen LogP contribution in [0.1, 0.15) is 11.3 Å². The van der Waals surface area contributed by atoms with Gasteiger partial charge in [-0.1, -0.05) is 54.2 Å². The maximum Gasteiger partial charge on any atom is 0.219 e. The van der Waals surface area contributed by atoms with Crippen LogP contribution in [0.2, 0.25) is 0 Å². The smallest absolute Gasteiger partial charge is 0.219 e. The average molecular weight is 382 g/mol. The van der Waals surface area contributed by atoms with Crippen molar-refractivity contribution in [2.45, 2.75) is 11.8 Å². The molecule has 28 heavy (non-hydrogen) atoms. The average Bonchev–Trinajstić information content (AvgIpc) is 3.04. The zero-order chi connectivity index (χ0) is 19.1. The molecule has 2 nitrogen and oxygen atoms in total. The number of aromatic nitrogens is 1. The summed E-state index contributed by atoms with van der Waals surface area (Å²) in [4.78, 5) is 3.59. The van der Waals surface area contributed by atoms with Crippen molar-refractivity contribution in [2.24, 2.45) is 0 Å². The second-order valence-electron chi connectivity index (χ2n) is 7.04. The number of benzene rings is 3. The summed E-state index contributed by atoms with van der Waals surface area (Å²) in [5, 5.41) is 2.51. The normalized spacial score (nSPS) is 14.6. The van der Waals surface area contributed by atoms with Crippen molar-refractivity contribution >= 4 is 34.4 Å². The van der Waals surface area contributed by atoms with Crippen molar-refractivity contribution in [2.75, 3.05) is 11.9 Å². The Morgan fingerprint density at radius 2 is 1.57 bits per heavy atom. The first-order valence-electron chi connectivity index (χ1n) is 9.44. The standard InChI is InChI=1S/C25H21N2S/c1-18-16-19(17-25-26(2)23-14-8-9-15-24(23)28-25)21-12-6-7-13-22(21)27(18)20-10-4-3-5-11-20/h3-17H,1-2H3/q+1. The maximum absolute atomic E-state index is 2.33. The van der Waals surface area contributed by atoms with Crippen molar-refractivity contribution in [1.29, 1.82) is 0 Å². The fourth-order valence-corrected chi connectivity index (χ4v) is 4.99. The molecule has 1 aromatic heterocycles. The summed E-state index contributed by atoms with van der Waals surface area (Å²) in [6, 6.07) is 30.1. The highest BCUT2D eigenvalue weighted by Gasteiger charge is 2.23. The minimum absolute atomic E-state index is 1.19. The van der Waals surface area contributed by atoms with Crippen LogP contribution in [0, 0.1) is 6.92 Å². The van der Waals surface area contributed by atoms with E-state index in [2.05, 4.69) is 114 Å². The number of rotatable bonds is 2. The number of nitrogens with zero attached hydrogens (tertiary/aromatic N) is 2. The molecule has 5 rings (SSSR count). The van der Waals surface area contributed by atoms with Crippen molar-refractivity contribution in [3.8, 4) is 5.69 Å². The lowest BCUT2D eigenvalue weighted by Crippen LogP contribution is -2.35. The number of thioether (sulfide) groups is 1. The van der Waals surface area contributed by atoms with Gasteiger partial charge in [-0.05, 0) is 29.8 Å². The van der Waals surface area contributed by atoms with Crippen LogP contribution in [0.3, 0.4) is 0 Å². The van der Waals surface area contributed by atoms with Crippen LogP contribution in [0.15, 0.2) is 94.9 Å². The van der Waals surface area contributed by atoms with Gasteiger partial charge in [0.25, 0.3) is 0 Å². The van der Waals surface area contributed by atoms with Crippen molar-refractivity contribution < 1.29 is 4.57 Å². The van der Waals surface area contributed by atoms with E-state index in [-0.39, 0.29) is 0 Å². The number of fused-ring (bicyclic) bond motifs is 2. The Morgan fingerprint density at radius 3 is 2.39 bits per heavy atom. The lowest BCUT2D eigenvalue weighted by molar-refractivity contribution is -0.574. The molecule has 0 saturated carbocycles. The molecule has 0 amide bonds. The number of hydrogen-bond acceptors (Lipinski definition) is 2. The van der Waals surface area contributed by atoms with Crippen LogP contribution in [0.4, 0.5) is 5.69 Å². The van der Waals surface area contributed by atoms with Gasteiger partial charge in [-0.2, -0.15) is 4.57 Å². The maximum atomic E-state index is 2.33. The Hall–Kier alpha value is -3.04. The Bertz CT molecular complexity index is 1210. The molecule has 3 heteroatoms. The summed E-state index contributed by atoms with van der Waals surface area (Å²) in [6.45, 7) is 2.18. The van der Waals surface area contributed by atoms with Gasteiger partial charge in [-0.25, -0.2) is 0 Å². The van der Waals surface area contributed by atoms with Gasteiger partial charge in [0.2, 0.25) is 11.2 Å². The molecule has 0 saturated heterocycles. The van der Waals surface area contributed by atoms with Crippen molar-refractivity contribution in [3.63, 3.8) is 0 Å². The first kappa shape index (κ1) is 17.1. The number of anilines is 1. The minimum Gasteiger partial charge on any atom is -0.338 e. The largest absolute Gasteiger partial charge is 0.338 e. The van der Waals surface area contributed by atoms with Gasteiger partial charge < -0.3 is 4.90 Å². The molecule has 0 atom stereocenters. The van der Waals surface area contributed by atoms with Gasteiger partial charge in [-0.15, -0.1) is 0 Å². The zero-order valence-electron chi connectivity index (χ0n) is 16.0. The van der Waals surface area contributed by atoms with E-state index in [1.165, 1.54) is 43.5 Å². The van der Waals surface area contributed by atoms with Gasteiger partial charge in [0.15, 0.2) is 5.69 Å². The second kappa shape index (κ2) is 6.84. The molecule has 0 bridgehead atoms. The number of pyridine rings is 1. The predicted octanol–water partition coefficient (Wildman–Crippen LogP) is 5.97. The third kappa shape index (κ3) is 2.79. The molecule has 0 fully saturated rings. The first-order chi connectivity index (χ1) is 13.7. The van der Waals surface area contributed by atoms with Gasteiger partial charge >= 0.3 is 0 Å². The van der Waals surface area contributed by atoms with E-state index in [9.17, 15) is 0 Å². The lowest BCUT2D eigenvalue weighted by Gasteiger charge is -2.14. The zero-order valence-corrected chi connectivity index (χ0v) is 16.8. The topological polar surface area (TPSA) is 7.12 Å². The summed E-state index contributed by atoms with van der Waals surface area (Å²) in [6.07, 6.45) is 2.31. The van der Waals surface area contributed by atoms with E-state index >= 15 is 0 Å². The fraction of sp³-hybridized carbons (Fsp3) is 0.0800. The van der Waals surface area contributed by atoms with Gasteiger partial charge in [0.1, 0.15) is 0 Å². The first-order valence-corrected chi connectivity index (χ1v) is 10.3. The van der Waals surface area contributed by atoms with E-state index < -0.39 is 0 Å². The monoisotopic (exact) mass is 381 g/mol. The van der Waals surface area contributed by atoms with Crippen molar-refractivity contribution in [3.05, 3.63) is 101 Å². The molecule has 4 aromatic rings. The van der Waals surface area contributed by atoms with Gasteiger partial charge in [-0.3, -0.25) is 0 Å². The summed E-state index contributed by atoms with van der Waals surface area (Å²) in [7, 11) is 2.15. The number of hydrogen-bond donors (Lipinski definition) is 0. The third-order valence-electron chi connectivity index (χ3n) is 5.24. The van der Waals surface area contributed by atoms with Crippen LogP contribution in [0.5, 0.6) is 0 Å². The van der Waals surface area contributed by atoms with Crippen LogP contribution >= 0.6 is 11.8 Å². The molecule has 3 aromatic carbocycles. The quantitative estimate of drug-likeness (QED) is 0.395. The highest BCUT2D eigenvalue weighted by Crippen LogP contribution is 2.45. The molecule has 2 heterocycles. The SMILES string of the molecule is Cc1cc(C=C2Sc3ccccc3N2C)c2ccccc2[n+]1-c1ccccc1. The highest BCUT2D eigenvalue weighted by molar-refractivity contribution is 8.03. The summed E-state index contributed by atoms with van der Waals surface area (Å²) in [5.41, 5.74) is 6.16. The van der Waals surface area contributed by atoms with Crippen molar-refractivity contribution in [1.82, 2.24) is 0 Å². The van der Waals surface area contributed by atoms with E-state index in [0.29, 0.717) is 0 Å². The van der Waals surface area contributed by atoms with Crippen LogP contribution < -0.4 is 9.47 Å². The van der Waals surface area contributed by atoms with Gasteiger partial charge in [0, 0.05) is 43.1 Å². The third-order valence-corrected chi connectivity index (χ3v) is 6.40. The molecule has 0 N–H and O–H groups in total. The van der Waals surface area contributed by atoms with Gasteiger partial charge in [0.05, 0.1) is 16.1 Å². The molecule has 0 spiro atoms. The lowest BCUT2D eigenvalue weighted by atomic mass is 10.1. The highest BCUT2D eigenvalue weighted by atomic mass is 32.2. The Kier molecular flexibility index (Phi) is 4.18. The Balaban J connectivity index is 1.69. The Morgan fingerprint density at radius 1 is 0.857 bits per heavy atom. The van der Waals surface area contributed by atoms with E-state index in [1.807, 2.05) is 11.8 Å². The predicted molar refractivity (Wildman–Crippen MR) is 119 cm³/mol. The molecule has 1 aliphatic heterocycles. The molecular formula is C25H21N2S+. The number of para-hydroxylation sites is 3. The molecule has 136 valence electrons. The van der Waals surface area contributed by atoms with E-state index in [4.69, 9.17) is 0 Å². The molecule has 0 unspecified atom stereocenters.